The number of carbonyl (C=O) groups excluding carboxylic acids is 1. The minimum absolute atomic E-state index is 0.313. The van der Waals surface area contributed by atoms with Gasteiger partial charge in [0.15, 0.2) is 0 Å². The summed E-state index contributed by atoms with van der Waals surface area (Å²) in [6.07, 6.45) is 4.59. The highest BCUT2D eigenvalue weighted by atomic mass is 79.9. The SMILES string of the molecule is O=C(Nc1cnccc1Cl)c1ccc(Br)cn1. The quantitative estimate of drug-likeness (QED) is 0.927. The molecule has 0 aliphatic heterocycles. The Bertz CT molecular complexity index is 545. The Labute approximate surface area is 111 Å². The molecule has 2 aromatic rings. The predicted molar refractivity (Wildman–Crippen MR) is 69.1 cm³/mol. The molecule has 0 aliphatic carbocycles. The zero-order valence-electron chi connectivity index (χ0n) is 8.52. The number of anilines is 1. The molecule has 2 rings (SSSR count). The molecule has 0 saturated carbocycles. The first-order valence-electron chi connectivity index (χ1n) is 4.69. The predicted octanol–water partition coefficient (Wildman–Crippen LogP) is 3.14. The minimum atomic E-state index is -0.326. The largest absolute Gasteiger partial charge is 0.318 e. The molecular weight excluding hydrogens is 305 g/mol. The van der Waals surface area contributed by atoms with Crippen molar-refractivity contribution in [2.24, 2.45) is 0 Å². The average Bonchev–Trinajstić information content (AvgIpc) is 2.33. The van der Waals surface area contributed by atoms with Gasteiger partial charge in [-0.1, -0.05) is 11.6 Å². The van der Waals surface area contributed by atoms with E-state index in [1.54, 1.807) is 30.6 Å². The summed E-state index contributed by atoms with van der Waals surface area (Å²) in [4.78, 5) is 19.7. The van der Waals surface area contributed by atoms with Crippen LogP contribution in [0.3, 0.4) is 0 Å². The third-order valence-electron chi connectivity index (χ3n) is 1.98. The van der Waals surface area contributed by atoms with E-state index in [0.29, 0.717) is 16.4 Å². The van der Waals surface area contributed by atoms with Gasteiger partial charge in [-0.25, -0.2) is 4.98 Å². The lowest BCUT2D eigenvalue weighted by Gasteiger charge is -2.05. The lowest BCUT2D eigenvalue weighted by Crippen LogP contribution is -2.13. The number of aromatic nitrogens is 2. The van der Waals surface area contributed by atoms with Gasteiger partial charge in [0.1, 0.15) is 5.69 Å². The summed E-state index contributed by atoms with van der Waals surface area (Å²) >= 11 is 9.15. The number of nitrogens with one attached hydrogen (secondary N) is 1. The lowest BCUT2D eigenvalue weighted by atomic mass is 10.3. The molecular formula is C11H7BrClN3O. The Morgan fingerprint density at radius 2 is 2.12 bits per heavy atom. The minimum Gasteiger partial charge on any atom is -0.318 e. The van der Waals surface area contributed by atoms with Crippen molar-refractivity contribution in [3.63, 3.8) is 0 Å². The maximum atomic E-state index is 11.8. The highest BCUT2D eigenvalue weighted by Crippen LogP contribution is 2.19. The third kappa shape index (κ3) is 3.01. The van der Waals surface area contributed by atoms with E-state index in [-0.39, 0.29) is 5.91 Å². The molecule has 0 spiro atoms. The van der Waals surface area contributed by atoms with E-state index in [1.807, 2.05) is 0 Å². The normalized spacial score (nSPS) is 10.0. The summed E-state index contributed by atoms with van der Waals surface area (Å²) in [5, 5.41) is 3.07. The molecule has 0 bridgehead atoms. The van der Waals surface area contributed by atoms with Crippen molar-refractivity contribution >= 4 is 39.1 Å². The van der Waals surface area contributed by atoms with E-state index < -0.39 is 0 Å². The summed E-state index contributed by atoms with van der Waals surface area (Å²) in [7, 11) is 0. The van der Waals surface area contributed by atoms with Gasteiger partial charge in [-0.3, -0.25) is 9.78 Å². The molecule has 0 radical (unpaired) electrons. The molecule has 2 aromatic heterocycles. The van der Waals surface area contributed by atoms with Crippen LogP contribution in [0.4, 0.5) is 5.69 Å². The summed E-state index contributed by atoms with van der Waals surface area (Å²) in [6.45, 7) is 0. The molecule has 0 aromatic carbocycles. The maximum Gasteiger partial charge on any atom is 0.274 e. The van der Waals surface area contributed by atoms with E-state index >= 15 is 0 Å². The summed E-state index contributed by atoms with van der Waals surface area (Å²) < 4.78 is 0.813. The van der Waals surface area contributed by atoms with Crippen molar-refractivity contribution in [3.05, 3.63) is 52.0 Å². The van der Waals surface area contributed by atoms with E-state index in [2.05, 4.69) is 31.2 Å². The van der Waals surface area contributed by atoms with Crippen molar-refractivity contribution in [3.8, 4) is 0 Å². The van der Waals surface area contributed by atoms with Crippen LogP contribution in [0.25, 0.3) is 0 Å². The number of amides is 1. The van der Waals surface area contributed by atoms with E-state index in [1.165, 1.54) is 6.20 Å². The molecule has 86 valence electrons. The van der Waals surface area contributed by atoms with Crippen molar-refractivity contribution in [1.82, 2.24) is 9.97 Å². The van der Waals surface area contributed by atoms with Gasteiger partial charge < -0.3 is 5.32 Å². The zero-order valence-corrected chi connectivity index (χ0v) is 10.9. The summed E-state index contributed by atoms with van der Waals surface area (Å²) in [6, 6.07) is 4.96. The van der Waals surface area contributed by atoms with Crippen LogP contribution in [0, 0.1) is 0 Å². The van der Waals surface area contributed by atoms with Crippen LogP contribution < -0.4 is 5.32 Å². The molecule has 2 heterocycles. The summed E-state index contributed by atoms with van der Waals surface area (Å²) in [5.41, 5.74) is 0.775. The second kappa shape index (κ2) is 5.25. The first kappa shape index (κ1) is 12.0. The van der Waals surface area contributed by atoms with E-state index in [9.17, 15) is 4.79 Å². The van der Waals surface area contributed by atoms with Crippen LogP contribution >= 0.6 is 27.5 Å². The zero-order chi connectivity index (χ0) is 12.3. The fourth-order valence-corrected chi connectivity index (χ4v) is 1.55. The Balaban J connectivity index is 2.17. The van der Waals surface area contributed by atoms with Crippen LogP contribution in [0.15, 0.2) is 41.3 Å². The van der Waals surface area contributed by atoms with Crippen LogP contribution in [0.2, 0.25) is 5.02 Å². The second-order valence-corrected chi connectivity index (χ2v) is 4.49. The van der Waals surface area contributed by atoms with E-state index in [0.717, 1.165) is 4.47 Å². The van der Waals surface area contributed by atoms with Crippen molar-refractivity contribution in [1.29, 1.82) is 0 Å². The van der Waals surface area contributed by atoms with Gasteiger partial charge in [-0.05, 0) is 34.1 Å². The van der Waals surface area contributed by atoms with Crippen LogP contribution in [-0.2, 0) is 0 Å². The van der Waals surface area contributed by atoms with Crippen LogP contribution in [0.1, 0.15) is 10.5 Å². The van der Waals surface area contributed by atoms with Gasteiger partial charge in [0.25, 0.3) is 5.91 Å². The van der Waals surface area contributed by atoms with Gasteiger partial charge in [0.05, 0.1) is 16.9 Å². The highest BCUT2D eigenvalue weighted by Gasteiger charge is 2.09. The third-order valence-corrected chi connectivity index (χ3v) is 2.77. The molecule has 1 N–H and O–H groups in total. The Hall–Kier alpha value is -1.46. The molecule has 0 unspecified atom stereocenters. The molecule has 4 nitrogen and oxygen atoms in total. The van der Waals surface area contributed by atoms with Crippen molar-refractivity contribution < 1.29 is 4.79 Å². The molecule has 1 amide bonds. The monoisotopic (exact) mass is 311 g/mol. The van der Waals surface area contributed by atoms with Gasteiger partial charge in [0, 0.05) is 16.9 Å². The van der Waals surface area contributed by atoms with Crippen molar-refractivity contribution in [2.75, 3.05) is 5.32 Å². The number of rotatable bonds is 2. The maximum absolute atomic E-state index is 11.8. The van der Waals surface area contributed by atoms with Crippen LogP contribution in [0.5, 0.6) is 0 Å². The lowest BCUT2D eigenvalue weighted by molar-refractivity contribution is 0.102. The number of hydrogen-bond donors (Lipinski definition) is 1. The molecule has 6 heteroatoms. The summed E-state index contributed by atoms with van der Waals surface area (Å²) in [5.74, 6) is -0.326. The number of nitrogens with zero attached hydrogens (tertiary/aromatic N) is 2. The fourth-order valence-electron chi connectivity index (χ4n) is 1.17. The van der Waals surface area contributed by atoms with Gasteiger partial charge in [-0.2, -0.15) is 0 Å². The first-order valence-corrected chi connectivity index (χ1v) is 5.86. The Kier molecular flexibility index (Phi) is 3.71. The molecule has 0 aliphatic rings. The highest BCUT2D eigenvalue weighted by molar-refractivity contribution is 9.10. The average molecular weight is 313 g/mol. The standard InChI is InChI=1S/C11H7BrClN3O/c12-7-1-2-9(15-5-7)11(17)16-10-6-14-4-3-8(10)13/h1-6H,(H,16,17). The molecule has 0 atom stereocenters. The molecule has 17 heavy (non-hydrogen) atoms. The first-order chi connectivity index (χ1) is 8.16. The van der Waals surface area contributed by atoms with E-state index in [4.69, 9.17) is 11.6 Å². The molecule has 0 fully saturated rings. The second-order valence-electron chi connectivity index (χ2n) is 3.17. The van der Waals surface area contributed by atoms with Crippen molar-refractivity contribution in [2.45, 2.75) is 0 Å². The number of carbonyl (C=O) groups is 1. The van der Waals surface area contributed by atoms with Gasteiger partial charge >= 0.3 is 0 Å². The topological polar surface area (TPSA) is 54.9 Å². The van der Waals surface area contributed by atoms with Gasteiger partial charge in [-0.15, -0.1) is 0 Å². The number of halogens is 2. The van der Waals surface area contributed by atoms with Gasteiger partial charge in [0.2, 0.25) is 0 Å². The number of hydrogen-bond acceptors (Lipinski definition) is 3. The Morgan fingerprint density at radius 3 is 2.76 bits per heavy atom. The fraction of sp³-hybridized carbons (Fsp3) is 0. The smallest absolute Gasteiger partial charge is 0.274 e. The van der Waals surface area contributed by atoms with Crippen LogP contribution in [-0.4, -0.2) is 15.9 Å². The Morgan fingerprint density at radius 1 is 1.29 bits per heavy atom. The molecule has 0 saturated heterocycles. The number of pyridine rings is 2.